The van der Waals surface area contributed by atoms with Crippen molar-refractivity contribution in [3.8, 4) is 33.4 Å². The molecule has 258 valence electrons. The number of anilines is 3. The van der Waals surface area contributed by atoms with Crippen LogP contribution in [0.1, 0.15) is 22.3 Å². The molecule has 0 amide bonds. The molecule has 2 aliphatic rings. The van der Waals surface area contributed by atoms with Gasteiger partial charge in [-0.25, -0.2) is 0 Å². The van der Waals surface area contributed by atoms with Crippen LogP contribution < -0.4 is 4.90 Å². The molecule has 0 saturated carbocycles. The van der Waals surface area contributed by atoms with Gasteiger partial charge in [0, 0.05) is 26.9 Å². The number of rotatable bonds is 5. The summed E-state index contributed by atoms with van der Waals surface area (Å²) in [6.45, 7) is 0. The van der Waals surface area contributed by atoms with Crippen LogP contribution in [0.3, 0.4) is 0 Å². The van der Waals surface area contributed by atoms with E-state index >= 15 is 0 Å². The van der Waals surface area contributed by atoms with Gasteiger partial charge in [-0.05, 0) is 121 Å². The predicted octanol–water partition coefficient (Wildman–Crippen LogP) is 14.5. The van der Waals surface area contributed by atoms with Crippen LogP contribution in [-0.2, 0) is 5.41 Å². The average molecular weight is 718 g/mol. The van der Waals surface area contributed by atoms with Gasteiger partial charge >= 0.3 is 0 Å². The van der Waals surface area contributed by atoms with Gasteiger partial charge in [-0.3, -0.25) is 0 Å². The van der Waals surface area contributed by atoms with E-state index in [-0.39, 0.29) is 0 Å². The quantitative estimate of drug-likeness (QED) is 0.174. The largest absolute Gasteiger partial charge is 0.311 e. The van der Waals surface area contributed by atoms with E-state index in [2.05, 4.69) is 217 Å². The smallest absolute Gasteiger partial charge is 0.0741 e. The number of hydrogen-bond donors (Lipinski definition) is 0. The summed E-state index contributed by atoms with van der Waals surface area (Å²) in [4.78, 5) is 4.98. The summed E-state index contributed by atoms with van der Waals surface area (Å²) in [6.07, 6.45) is 0. The molecule has 0 radical (unpaired) electrons. The van der Waals surface area contributed by atoms with Crippen LogP contribution in [0.4, 0.5) is 17.1 Å². The molecular formula is C53H35NS. The molecule has 0 atom stereocenters. The highest BCUT2D eigenvalue weighted by Gasteiger charge is 2.51. The van der Waals surface area contributed by atoms with E-state index in [9.17, 15) is 0 Å². The lowest BCUT2D eigenvalue weighted by Gasteiger charge is -2.41. The van der Waals surface area contributed by atoms with Crippen molar-refractivity contribution in [1.29, 1.82) is 0 Å². The van der Waals surface area contributed by atoms with Crippen molar-refractivity contribution < 1.29 is 0 Å². The lowest BCUT2D eigenvalue weighted by molar-refractivity contribution is 0.726. The zero-order valence-electron chi connectivity index (χ0n) is 30.1. The number of fused-ring (bicyclic) bond motifs is 10. The molecule has 11 rings (SSSR count). The van der Waals surface area contributed by atoms with Crippen molar-refractivity contribution in [2.24, 2.45) is 0 Å². The van der Waals surface area contributed by atoms with Crippen molar-refractivity contribution in [1.82, 2.24) is 0 Å². The molecule has 1 spiro atoms. The lowest BCUT2D eigenvalue weighted by atomic mass is 9.65. The SMILES string of the molecule is c1ccc(-c2ccc(N(c3ccccc3)c3ccc(-c4cccc5c4C4(c6cc7ccccc7cc6S5)c5ccccc5-c5ccccc54)cc3)cc2)cc1. The number of hydrogen-bond acceptors (Lipinski definition) is 2. The van der Waals surface area contributed by atoms with Crippen molar-refractivity contribution >= 4 is 39.6 Å². The molecule has 1 heterocycles. The second-order valence-corrected chi connectivity index (χ2v) is 15.5. The summed E-state index contributed by atoms with van der Waals surface area (Å²) in [5.74, 6) is 0. The molecule has 0 saturated heterocycles. The minimum absolute atomic E-state index is 0.473. The maximum Gasteiger partial charge on any atom is 0.0741 e. The van der Waals surface area contributed by atoms with E-state index in [0.717, 1.165) is 17.1 Å². The van der Waals surface area contributed by atoms with Crippen LogP contribution in [-0.4, -0.2) is 0 Å². The Morgan fingerprint density at radius 1 is 0.327 bits per heavy atom. The van der Waals surface area contributed by atoms with Crippen LogP contribution in [0.5, 0.6) is 0 Å². The molecule has 9 aromatic rings. The zero-order valence-corrected chi connectivity index (χ0v) is 30.9. The lowest BCUT2D eigenvalue weighted by Crippen LogP contribution is -2.32. The molecule has 0 N–H and O–H groups in total. The minimum atomic E-state index is -0.473. The standard InChI is InChI=1S/C53H35NS/c1-3-14-36(15-4-1)37-26-30-42(31-27-37)54(41-18-5-2-6-19-41)43-32-28-38(29-33-43)44-22-13-25-50-52(44)53(49-34-39-16-7-8-17-40(39)35-51(49)55-50)47-23-11-9-20-45(47)46-21-10-12-24-48(46)53/h1-35H. The van der Waals surface area contributed by atoms with Crippen molar-refractivity contribution in [3.63, 3.8) is 0 Å². The Bertz CT molecular complexity index is 2830. The Labute approximate surface area is 326 Å². The van der Waals surface area contributed by atoms with Gasteiger partial charge in [-0.1, -0.05) is 169 Å². The Morgan fingerprint density at radius 2 is 0.818 bits per heavy atom. The van der Waals surface area contributed by atoms with Crippen LogP contribution >= 0.6 is 11.8 Å². The molecule has 9 aromatic carbocycles. The first-order valence-electron chi connectivity index (χ1n) is 18.9. The van der Waals surface area contributed by atoms with E-state index < -0.39 is 5.41 Å². The zero-order chi connectivity index (χ0) is 36.3. The topological polar surface area (TPSA) is 3.24 Å². The second kappa shape index (κ2) is 12.8. The van der Waals surface area contributed by atoms with Crippen molar-refractivity contribution in [2.45, 2.75) is 15.2 Å². The molecule has 55 heavy (non-hydrogen) atoms. The Morgan fingerprint density at radius 3 is 1.47 bits per heavy atom. The molecule has 1 aliphatic heterocycles. The Balaban J connectivity index is 1.09. The first-order chi connectivity index (χ1) is 27.3. The Hall–Kier alpha value is -6.61. The van der Waals surface area contributed by atoms with Gasteiger partial charge in [0.05, 0.1) is 5.41 Å². The van der Waals surface area contributed by atoms with Gasteiger partial charge < -0.3 is 4.90 Å². The number of nitrogens with zero attached hydrogens (tertiary/aromatic N) is 1. The van der Waals surface area contributed by atoms with E-state index in [1.54, 1.807) is 0 Å². The maximum atomic E-state index is 2.47. The summed E-state index contributed by atoms with van der Waals surface area (Å²) >= 11 is 1.91. The van der Waals surface area contributed by atoms with Gasteiger partial charge in [0.1, 0.15) is 0 Å². The third kappa shape index (κ3) is 4.95. The van der Waals surface area contributed by atoms with E-state index in [4.69, 9.17) is 0 Å². The summed E-state index contributed by atoms with van der Waals surface area (Å²) in [6, 6.07) is 78.1. The molecule has 1 aliphatic carbocycles. The molecule has 0 fully saturated rings. The van der Waals surface area contributed by atoms with Gasteiger partial charge in [-0.15, -0.1) is 0 Å². The van der Waals surface area contributed by atoms with Gasteiger partial charge in [-0.2, -0.15) is 0 Å². The average Bonchev–Trinajstić information content (AvgIpc) is 3.55. The monoisotopic (exact) mass is 717 g/mol. The first-order valence-corrected chi connectivity index (χ1v) is 19.7. The molecular weight excluding hydrogens is 683 g/mol. The van der Waals surface area contributed by atoms with E-state index in [1.807, 2.05) is 11.8 Å². The fourth-order valence-corrected chi connectivity index (χ4v) is 10.4. The fourth-order valence-electron chi connectivity index (χ4n) is 9.14. The predicted molar refractivity (Wildman–Crippen MR) is 231 cm³/mol. The normalized spacial score (nSPS) is 13.2. The van der Waals surface area contributed by atoms with Crippen LogP contribution in [0.15, 0.2) is 222 Å². The highest BCUT2D eigenvalue weighted by molar-refractivity contribution is 7.99. The minimum Gasteiger partial charge on any atom is -0.311 e. The highest BCUT2D eigenvalue weighted by atomic mass is 32.2. The third-order valence-electron chi connectivity index (χ3n) is 11.5. The van der Waals surface area contributed by atoms with E-state index in [1.165, 1.54) is 76.2 Å². The number of benzene rings is 9. The highest BCUT2D eigenvalue weighted by Crippen LogP contribution is 2.64. The maximum absolute atomic E-state index is 2.47. The Kier molecular flexibility index (Phi) is 7.40. The fraction of sp³-hybridized carbons (Fsp3) is 0.0189. The summed E-state index contributed by atoms with van der Waals surface area (Å²) in [5.41, 5.74) is 15.8. The summed E-state index contributed by atoms with van der Waals surface area (Å²) < 4.78 is 0. The van der Waals surface area contributed by atoms with Gasteiger partial charge in [0.25, 0.3) is 0 Å². The van der Waals surface area contributed by atoms with Gasteiger partial charge in [0.15, 0.2) is 0 Å². The molecule has 0 unspecified atom stereocenters. The summed E-state index contributed by atoms with van der Waals surface area (Å²) in [5, 5.41) is 2.54. The van der Waals surface area contributed by atoms with Crippen molar-refractivity contribution in [2.75, 3.05) is 4.90 Å². The van der Waals surface area contributed by atoms with Crippen LogP contribution in [0.2, 0.25) is 0 Å². The van der Waals surface area contributed by atoms with Gasteiger partial charge in [0.2, 0.25) is 0 Å². The third-order valence-corrected chi connectivity index (χ3v) is 12.6. The number of para-hydroxylation sites is 1. The first kappa shape index (κ1) is 31.9. The molecule has 0 bridgehead atoms. The van der Waals surface area contributed by atoms with Crippen molar-refractivity contribution in [3.05, 3.63) is 235 Å². The summed E-state index contributed by atoms with van der Waals surface area (Å²) in [7, 11) is 0. The molecule has 1 nitrogen and oxygen atoms in total. The van der Waals surface area contributed by atoms with E-state index in [0.29, 0.717) is 0 Å². The second-order valence-electron chi connectivity index (χ2n) is 14.4. The van der Waals surface area contributed by atoms with Crippen LogP contribution in [0.25, 0.3) is 44.2 Å². The molecule has 0 aromatic heterocycles. The van der Waals surface area contributed by atoms with Crippen LogP contribution in [0, 0.1) is 0 Å². The molecule has 2 heteroatoms.